The number of alkyl halides is 1. The predicted molar refractivity (Wildman–Crippen MR) is 85.3 cm³/mol. The Labute approximate surface area is 133 Å². The summed E-state index contributed by atoms with van der Waals surface area (Å²) in [5.74, 6) is -0.00221. The van der Waals surface area contributed by atoms with E-state index in [-0.39, 0.29) is 12.5 Å². The van der Waals surface area contributed by atoms with Crippen molar-refractivity contribution in [3.63, 3.8) is 0 Å². The molecular weight excluding hydrogens is 336 g/mol. The van der Waals surface area contributed by atoms with Crippen LogP contribution in [0.25, 0.3) is 0 Å². The highest BCUT2D eigenvalue weighted by molar-refractivity contribution is 9.09. The first kappa shape index (κ1) is 17.5. The zero-order valence-electron chi connectivity index (χ0n) is 11.9. The summed E-state index contributed by atoms with van der Waals surface area (Å²) in [4.78, 5) is 22.4. The Kier molecular flexibility index (Phi) is 9.28. The van der Waals surface area contributed by atoms with Gasteiger partial charge >= 0.3 is 6.09 Å². The summed E-state index contributed by atoms with van der Waals surface area (Å²) in [6.45, 7) is 1.54. The number of benzene rings is 1. The summed E-state index contributed by atoms with van der Waals surface area (Å²) in [6.07, 6.45) is 2.32. The minimum Gasteiger partial charge on any atom is -0.445 e. The van der Waals surface area contributed by atoms with Gasteiger partial charge in [-0.3, -0.25) is 4.79 Å². The van der Waals surface area contributed by atoms with Crippen molar-refractivity contribution in [3.8, 4) is 0 Å². The van der Waals surface area contributed by atoms with Crippen LogP contribution in [0.1, 0.15) is 24.8 Å². The number of unbranched alkanes of at least 4 members (excludes halogenated alkanes) is 2. The fourth-order valence-electron chi connectivity index (χ4n) is 1.67. The number of carbonyl (C=O) groups is 2. The molecule has 2 amide bonds. The minimum atomic E-state index is -0.397. The molecule has 0 unspecified atom stereocenters. The van der Waals surface area contributed by atoms with Crippen LogP contribution in [0.4, 0.5) is 4.79 Å². The Morgan fingerprint density at radius 3 is 2.33 bits per heavy atom. The van der Waals surface area contributed by atoms with E-state index in [2.05, 4.69) is 26.6 Å². The molecule has 2 N–H and O–H groups in total. The van der Waals surface area contributed by atoms with Crippen molar-refractivity contribution in [1.82, 2.24) is 10.6 Å². The second kappa shape index (κ2) is 11.1. The third-order valence-electron chi connectivity index (χ3n) is 2.78. The van der Waals surface area contributed by atoms with Crippen molar-refractivity contribution in [1.29, 1.82) is 0 Å². The van der Waals surface area contributed by atoms with E-state index in [4.69, 9.17) is 4.74 Å². The molecule has 0 saturated carbocycles. The second-order valence-electron chi connectivity index (χ2n) is 4.53. The van der Waals surface area contributed by atoms with Crippen LogP contribution in [0.15, 0.2) is 30.3 Å². The molecule has 116 valence electrons. The first-order valence-corrected chi connectivity index (χ1v) is 8.11. The molecule has 1 rings (SSSR count). The van der Waals surface area contributed by atoms with Crippen LogP contribution < -0.4 is 10.6 Å². The fraction of sp³-hybridized carbons (Fsp3) is 0.467. The van der Waals surface area contributed by atoms with E-state index in [1.54, 1.807) is 0 Å². The van der Waals surface area contributed by atoms with E-state index >= 15 is 0 Å². The van der Waals surface area contributed by atoms with E-state index in [1.165, 1.54) is 0 Å². The van der Waals surface area contributed by atoms with Gasteiger partial charge in [0.2, 0.25) is 5.91 Å². The topological polar surface area (TPSA) is 67.4 Å². The lowest BCUT2D eigenvalue weighted by atomic mass is 10.2. The SMILES string of the molecule is O=C(CBr)NCCCCCNC(=O)OCc1ccccc1. The summed E-state index contributed by atoms with van der Waals surface area (Å²) >= 11 is 3.08. The molecule has 0 aliphatic heterocycles. The predicted octanol–water partition coefficient (Wildman–Crippen LogP) is 2.59. The molecule has 0 aliphatic carbocycles. The monoisotopic (exact) mass is 356 g/mol. The summed E-state index contributed by atoms with van der Waals surface area (Å²) in [5.41, 5.74) is 0.968. The van der Waals surface area contributed by atoms with Gasteiger partial charge in [-0.05, 0) is 24.8 Å². The lowest BCUT2D eigenvalue weighted by molar-refractivity contribution is -0.118. The number of nitrogens with one attached hydrogen (secondary N) is 2. The summed E-state index contributed by atoms with van der Waals surface area (Å²) < 4.78 is 5.09. The van der Waals surface area contributed by atoms with E-state index in [0.717, 1.165) is 24.8 Å². The Bertz CT molecular complexity index is 426. The highest BCUT2D eigenvalue weighted by Gasteiger charge is 2.01. The maximum absolute atomic E-state index is 11.4. The van der Waals surface area contributed by atoms with Crippen LogP contribution in [0.3, 0.4) is 0 Å². The van der Waals surface area contributed by atoms with Crippen LogP contribution in [0.5, 0.6) is 0 Å². The van der Waals surface area contributed by atoms with Gasteiger partial charge in [-0.25, -0.2) is 4.79 Å². The maximum Gasteiger partial charge on any atom is 0.407 e. The number of ether oxygens (including phenoxy) is 1. The van der Waals surface area contributed by atoms with Gasteiger partial charge in [-0.15, -0.1) is 0 Å². The summed E-state index contributed by atoms with van der Waals surface area (Å²) in [7, 11) is 0. The number of hydrogen-bond acceptors (Lipinski definition) is 3. The third-order valence-corrected chi connectivity index (χ3v) is 3.29. The molecule has 0 atom stereocenters. The van der Waals surface area contributed by atoms with Crippen LogP contribution in [-0.4, -0.2) is 30.4 Å². The van der Waals surface area contributed by atoms with E-state index < -0.39 is 6.09 Å². The van der Waals surface area contributed by atoms with Gasteiger partial charge in [0.05, 0.1) is 5.33 Å². The standard InChI is InChI=1S/C15H21BrN2O3/c16-11-14(19)17-9-5-2-6-10-18-15(20)21-12-13-7-3-1-4-8-13/h1,3-4,7-8H,2,5-6,9-12H2,(H,17,19)(H,18,20). The summed E-state index contributed by atoms with van der Waals surface area (Å²) in [6, 6.07) is 9.56. The van der Waals surface area contributed by atoms with Gasteiger partial charge in [-0.2, -0.15) is 0 Å². The smallest absolute Gasteiger partial charge is 0.407 e. The largest absolute Gasteiger partial charge is 0.445 e. The molecule has 1 aromatic rings. The first-order chi connectivity index (χ1) is 10.2. The van der Waals surface area contributed by atoms with Crippen LogP contribution in [0.2, 0.25) is 0 Å². The van der Waals surface area contributed by atoms with Gasteiger partial charge in [0.15, 0.2) is 0 Å². The molecule has 0 saturated heterocycles. The van der Waals surface area contributed by atoms with Crippen molar-refractivity contribution in [2.45, 2.75) is 25.9 Å². The number of alkyl carbamates (subject to hydrolysis) is 1. The first-order valence-electron chi connectivity index (χ1n) is 6.99. The molecule has 5 nitrogen and oxygen atoms in total. The third kappa shape index (κ3) is 9.07. The highest BCUT2D eigenvalue weighted by Crippen LogP contribution is 2.00. The quantitative estimate of drug-likeness (QED) is 0.527. The van der Waals surface area contributed by atoms with Gasteiger partial charge in [0.25, 0.3) is 0 Å². The molecule has 0 heterocycles. The van der Waals surface area contributed by atoms with Gasteiger partial charge in [-0.1, -0.05) is 46.3 Å². The van der Waals surface area contributed by atoms with Crippen LogP contribution >= 0.6 is 15.9 Å². The lowest BCUT2D eigenvalue weighted by Crippen LogP contribution is -2.26. The molecule has 0 spiro atoms. The van der Waals surface area contributed by atoms with Crippen molar-refractivity contribution in [3.05, 3.63) is 35.9 Å². The van der Waals surface area contributed by atoms with Gasteiger partial charge in [0, 0.05) is 13.1 Å². The number of halogens is 1. The van der Waals surface area contributed by atoms with E-state index in [9.17, 15) is 9.59 Å². The summed E-state index contributed by atoms with van der Waals surface area (Å²) in [5, 5.41) is 5.82. The van der Waals surface area contributed by atoms with Gasteiger partial charge in [0.1, 0.15) is 6.61 Å². The average Bonchev–Trinajstić information content (AvgIpc) is 2.52. The van der Waals surface area contributed by atoms with Crippen molar-refractivity contribution < 1.29 is 14.3 Å². The minimum absolute atomic E-state index is 0.00221. The Hall–Kier alpha value is -1.56. The van der Waals surface area contributed by atoms with Crippen molar-refractivity contribution in [2.24, 2.45) is 0 Å². The number of hydrogen-bond donors (Lipinski definition) is 2. The van der Waals surface area contributed by atoms with Crippen LogP contribution in [-0.2, 0) is 16.1 Å². The molecule has 0 bridgehead atoms. The van der Waals surface area contributed by atoms with Gasteiger partial charge < -0.3 is 15.4 Å². The van der Waals surface area contributed by atoms with E-state index in [0.29, 0.717) is 18.4 Å². The Morgan fingerprint density at radius 1 is 1.00 bits per heavy atom. The fourth-order valence-corrected chi connectivity index (χ4v) is 1.86. The molecule has 0 aromatic heterocycles. The molecule has 0 fully saturated rings. The Morgan fingerprint density at radius 2 is 1.67 bits per heavy atom. The maximum atomic E-state index is 11.4. The highest BCUT2D eigenvalue weighted by atomic mass is 79.9. The van der Waals surface area contributed by atoms with Crippen LogP contribution in [0, 0.1) is 0 Å². The molecule has 21 heavy (non-hydrogen) atoms. The second-order valence-corrected chi connectivity index (χ2v) is 5.09. The molecule has 0 radical (unpaired) electrons. The lowest BCUT2D eigenvalue weighted by Gasteiger charge is -2.07. The normalized spacial score (nSPS) is 9.95. The number of rotatable bonds is 9. The average molecular weight is 357 g/mol. The Balaban J connectivity index is 1.95. The van der Waals surface area contributed by atoms with Crippen molar-refractivity contribution in [2.75, 3.05) is 18.4 Å². The van der Waals surface area contributed by atoms with Crippen molar-refractivity contribution >= 4 is 27.9 Å². The zero-order chi connectivity index (χ0) is 15.3. The molecule has 0 aliphatic rings. The number of amides is 2. The molecular formula is C15H21BrN2O3. The van der Waals surface area contributed by atoms with E-state index in [1.807, 2.05) is 30.3 Å². The number of carbonyl (C=O) groups excluding carboxylic acids is 2. The zero-order valence-corrected chi connectivity index (χ0v) is 13.5. The molecule has 6 heteroatoms. The molecule has 1 aromatic carbocycles.